The monoisotopic (exact) mass is 246 g/mol. The molecule has 2 aromatic rings. The fourth-order valence-corrected chi connectivity index (χ4v) is 1.52. The van der Waals surface area contributed by atoms with Crippen LogP contribution < -0.4 is 10.5 Å². The zero-order valence-electron chi connectivity index (χ0n) is 9.47. The van der Waals surface area contributed by atoms with Crippen LogP contribution in [0.5, 0.6) is 5.75 Å². The van der Waals surface area contributed by atoms with E-state index in [9.17, 15) is 9.18 Å². The maximum atomic E-state index is 13.2. The highest BCUT2D eigenvalue weighted by molar-refractivity contribution is 5.94. The van der Waals surface area contributed by atoms with Gasteiger partial charge in [-0.05, 0) is 18.2 Å². The Morgan fingerprint density at radius 3 is 2.78 bits per heavy atom. The molecule has 2 rings (SSSR count). The summed E-state index contributed by atoms with van der Waals surface area (Å²) >= 11 is 0. The van der Waals surface area contributed by atoms with Crippen molar-refractivity contribution in [2.45, 2.75) is 6.61 Å². The molecule has 1 amide bonds. The lowest BCUT2D eigenvalue weighted by atomic mass is 10.1. The Labute approximate surface area is 103 Å². The zero-order chi connectivity index (χ0) is 13.0. The first kappa shape index (κ1) is 12.0. The average Bonchev–Trinajstić information content (AvgIpc) is 2.38. The minimum Gasteiger partial charge on any atom is -0.484 e. The van der Waals surface area contributed by atoms with Crippen molar-refractivity contribution in [3.63, 3.8) is 0 Å². The van der Waals surface area contributed by atoms with Crippen LogP contribution in [-0.2, 0) is 6.61 Å². The van der Waals surface area contributed by atoms with Crippen LogP contribution in [0.2, 0.25) is 0 Å². The molecule has 2 N–H and O–H groups in total. The van der Waals surface area contributed by atoms with Gasteiger partial charge in [0.2, 0.25) is 5.91 Å². The van der Waals surface area contributed by atoms with Crippen LogP contribution >= 0.6 is 0 Å². The summed E-state index contributed by atoms with van der Waals surface area (Å²) in [7, 11) is 0. The van der Waals surface area contributed by atoms with E-state index in [1.165, 1.54) is 12.3 Å². The maximum Gasteiger partial charge on any atom is 0.255 e. The van der Waals surface area contributed by atoms with Crippen molar-refractivity contribution in [1.82, 2.24) is 4.98 Å². The molecule has 0 radical (unpaired) electrons. The SMILES string of the molecule is NC(=O)c1ccccc1COc1cccnc1F. The van der Waals surface area contributed by atoms with E-state index in [1.54, 1.807) is 30.3 Å². The molecule has 0 saturated carbocycles. The van der Waals surface area contributed by atoms with E-state index in [1.807, 2.05) is 0 Å². The van der Waals surface area contributed by atoms with Crippen molar-refractivity contribution < 1.29 is 13.9 Å². The van der Waals surface area contributed by atoms with Gasteiger partial charge in [-0.2, -0.15) is 4.39 Å². The number of carbonyl (C=O) groups is 1. The van der Waals surface area contributed by atoms with E-state index in [4.69, 9.17) is 10.5 Å². The molecule has 0 unspecified atom stereocenters. The van der Waals surface area contributed by atoms with Crippen LogP contribution in [0.25, 0.3) is 0 Å². The Kier molecular flexibility index (Phi) is 3.52. The van der Waals surface area contributed by atoms with Gasteiger partial charge >= 0.3 is 0 Å². The molecule has 0 aliphatic carbocycles. The second kappa shape index (κ2) is 5.27. The topological polar surface area (TPSA) is 65.2 Å². The number of carbonyl (C=O) groups excluding carboxylic acids is 1. The quantitative estimate of drug-likeness (QED) is 0.838. The first-order chi connectivity index (χ1) is 8.68. The van der Waals surface area contributed by atoms with Gasteiger partial charge in [0.05, 0.1) is 0 Å². The maximum absolute atomic E-state index is 13.2. The number of nitrogens with zero attached hydrogens (tertiary/aromatic N) is 1. The Balaban J connectivity index is 2.16. The molecule has 0 aliphatic heterocycles. The second-order valence-electron chi connectivity index (χ2n) is 3.60. The number of ether oxygens (including phenoxy) is 1. The van der Waals surface area contributed by atoms with Gasteiger partial charge in [0.15, 0.2) is 5.75 Å². The van der Waals surface area contributed by atoms with Crippen molar-refractivity contribution in [1.29, 1.82) is 0 Å². The second-order valence-corrected chi connectivity index (χ2v) is 3.60. The van der Waals surface area contributed by atoms with E-state index in [2.05, 4.69) is 4.98 Å². The normalized spacial score (nSPS) is 10.1. The molecule has 0 bridgehead atoms. The smallest absolute Gasteiger partial charge is 0.255 e. The number of halogens is 1. The molecule has 1 heterocycles. The summed E-state index contributed by atoms with van der Waals surface area (Å²) in [5.74, 6) is -1.19. The summed E-state index contributed by atoms with van der Waals surface area (Å²) in [6.45, 7) is 0.0573. The summed E-state index contributed by atoms with van der Waals surface area (Å²) in [5.41, 5.74) is 6.20. The molecule has 0 saturated heterocycles. The number of amides is 1. The Bertz CT molecular complexity index is 572. The third-order valence-electron chi connectivity index (χ3n) is 2.39. The molecule has 0 fully saturated rings. The molecule has 0 aliphatic rings. The van der Waals surface area contributed by atoms with E-state index < -0.39 is 11.9 Å². The van der Waals surface area contributed by atoms with Crippen LogP contribution in [0, 0.1) is 5.95 Å². The van der Waals surface area contributed by atoms with Crippen LogP contribution in [0.15, 0.2) is 42.6 Å². The largest absolute Gasteiger partial charge is 0.484 e. The highest BCUT2D eigenvalue weighted by Gasteiger charge is 2.09. The number of hydrogen-bond acceptors (Lipinski definition) is 3. The molecule has 5 heteroatoms. The van der Waals surface area contributed by atoms with Gasteiger partial charge < -0.3 is 10.5 Å². The lowest BCUT2D eigenvalue weighted by Crippen LogP contribution is -2.14. The number of benzene rings is 1. The van der Waals surface area contributed by atoms with E-state index in [0.29, 0.717) is 11.1 Å². The Morgan fingerprint density at radius 1 is 1.28 bits per heavy atom. The van der Waals surface area contributed by atoms with Gasteiger partial charge in [0, 0.05) is 17.3 Å². The summed E-state index contributed by atoms with van der Waals surface area (Å²) in [5, 5.41) is 0. The Morgan fingerprint density at radius 2 is 2.06 bits per heavy atom. The van der Waals surface area contributed by atoms with Crippen molar-refractivity contribution >= 4 is 5.91 Å². The van der Waals surface area contributed by atoms with E-state index in [-0.39, 0.29) is 12.4 Å². The molecule has 92 valence electrons. The van der Waals surface area contributed by atoms with Crippen LogP contribution in [0.1, 0.15) is 15.9 Å². The van der Waals surface area contributed by atoms with Gasteiger partial charge in [-0.1, -0.05) is 18.2 Å². The number of nitrogens with two attached hydrogens (primary N) is 1. The van der Waals surface area contributed by atoms with Gasteiger partial charge in [0.1, 0.15) is 6.61 Å². The lowest BCUT2D eigenvalue weighted by molar-refractivity contribution is 0.0998. The van der Waals surface area contributed by atoms with Crippen LogP contribution in [0.3, 0.4) is 0 Å². The summed E-state index contributed by atoms with van der Waals surface area (Å²) in [6.07, 6.45) is 1.33. The average molecular weight is 246 g/mol. The first-order valence-corrected chi connectivity index (χ1v) is 5.29. The van der Waals surface area contributed by atoms with Crippen LogP contribution in [-0.4, -0.2) is 10.9 Å². The number of rotatable bonds is 4. The molecule has 1 aromatic heterocycles. The highest BCUT2D eigenvalue weighted by atomic mass is 19.1. The fourth-order valence-electron chi connectivity index (χ4n) is 1.52. The third kappa shape index (κ3) is 2.63. The summed E-state index contributed by atoms with van der Waals surface area (Å²) < 4.78 is 18.5. The Hall–Kier alpha value is -2.43. The first-order valence-electron chi connectivity index (χ1n) is 5.29. The predicted octanol–water partition coefficient (Wildman–Crippen LogP) is 1.90. The van der Waals surface area contributed by atoms with Gasteiger partial charge in [-0.15, -0.1) is 0 Å². The molecule has 0 spiro atoms. The number of aromatic nitrogens is 1. The molecule has 4 nitrogen and oxygen atoms in total. The van der Waals surface area contributed by atoms with Crippen molar-refractivity contribution in [3.05, 3.63) is 59.7 Å². The fraction of sp³-hybridized carbons (Fsp3) is 0.0769. The van der Waals surface area contributed by atoms with Gasteiger partial charge in [-0.25, -0.2) is 4.98 Å². The number of primary amides is 1. The highest BCUT2D eigenvalue weighted by Crippen LogP contribution is 2.16. The van der Waals surface area contributed by atoms with Crippen molar-refractivity contribution in [3.8, 4) is 5.75 Å². The number of hydrogen-bond donors (Lipinski definition) is 1. The predicted molar refractivity (Wildman–Crippen MR) is 63.5 cm³/mol. The minimum atomic E-state index is -0.686. The summed E-state index contributed by atoms with van der Waals surface area (Å²) in [6, 6.07) is 9.79. The van der Waals surface area contributed by atoms with Gasteiger partial charge in [0.25, 0.3) is 5.95 Å². The van der Waals surface area contributed by atoms with Crippen LogP contribution in [0.4, 0.5) is 4.39 Å². The van der Waals surface area contributed by atoms with Crippen molar-refractivity contribution in [2.75, 3.05) is 0 Å². The lowest BCUT2D eigenvalue weighted by Gasteiger charge is -2.09. The molecular formula is C13H11FN2O2. The van der Waals surface area contributed by atoms with Gasteiger partial charge in [-0.3, -0.25) is 4.79 Å². The third-order valence-corrected chi connectivity index (χ3v) is 2.39. The minimum absolute atomic E-state index is 0.0387. The standard InChI is InChI=1S/C13H11FN2O2/c14-12-11(6-3-7-16-12)18-8-9-4-1-2-5-10(9)13(15)17/h1-7H,8H2,(H2,15,17). The zero-order valence-corrected chi connectivity index (χ0v) is 9.47. The van der Waals surface area contributed by atoms with E-state index in [0.717, 1.165) is 0 Å². The van der Waals surface area contributed by atoms with Crippen molar-refractivity contribution in [2.24, 2.45) is 5.73 Å². The number of pyridine rings is 1. The molecular weight excluding hydrogens is 235 g/mol. The molecule has 0 atom stereocenters. The van der Waals surface area contributed by atoms with E-state index >= 15 is 0 Å². The molecule has 1 aromatic carbocycles. The molecule has 18 heavy (non-hydrogen) atoms. The summed E-state index contributed by atoms with van der Waals surface area (Å²) in [4.78, 5) is 14.6.